The van der Waals surface area contributed by atoms with Crippen LogP contribution < -0.4 is 10.5 Å². The molecule has 0 amide bonds. The van der Waals surface area contributed by atoms with Crippen LogP contribution in [-0.2, 0) is 12.7 Å². The van der Waals surface area contributed by atoms with Crippen molar-refractivity contribution >= 4 is 5.82 Å². The summed E-state index contributed by atoms with van der Waals surface area (Å²) >= 11 is 0. The van der Waals surface area contributed by atoms with E-state index in [1.807, 2.05) is 4.90 Å². The highest BCUT2D eigenvalue weighted by Crippen LogP contribution is 2.30. The van der Waals surface area contributed by atoms with Crippen molar-refractivity contribution in [3.05, 3.63) is 71.2 Å². The summed E-state index contributed by atoms with van der Waals surface area (Å²) in [6.07, 6.45) is 3.01. The highest BCUT2D eigenvalue weighted by molar-refractivity contribution is 5.57. The van der Waals surface area contributed by atoms with E-state index >= 15 is 0 Å². The lowest BCUT2D eigenvalue weighted by Crippen LogP contribution is -2.36. The molecule has 0 radical (unpaired) electrons. The summed E-state index contributed by atoms with van der Waals surface area (Å²) in [6, 6.07) is 7.60. The number of halogens is 3. The monoisotopic (exact) mass is 415 g/mol. The predicted molar refractivity (Wildman–Crippen MR) is 106 cm³/mol. The van der Waals surface area contributed by atoms with Gasteiger partial charge in [-0.05, 0) is 43.0 Å². The minimum atomic E-state index is -4.38. The zero-order valence-corrected chi connectivity index (χ0v) is 16.1. The number of hydrogen-bond acceptors (Lipinski definition) is 5. The molecule has 4 heterocycles. The van der Waals surface area contributed by atoms with Crippen molar-refractivity contribution in [1.29, 1.82) is 0 Å². The third-order valence-corrected chi connectivity index (χ3v) is 5.32. The Bertz CT molecular complexity index is 1040. The van der Waals surface area contributed by atoms with Crippen LogP contribution in [0.5, 0.6) is 0 Å². The van der Waals surface area contributed by atoms with Crippen molar-refractivity contribution in [3.8, 4) is 11.3 Å². The van der Waals surface area contributed by atoms with E-state index in [0.29, 0.717) is 37.1 Å². The van der Waals surface area contributed by atoms with E-state index in [2.05, 4.69) is 15.0 Å². The van der Waals surface area contributed by atoms with E-state index < -0.39 is 11.7 Å². The zero-order chi connectivity index (χ0) is 21.1. The Morgan fingerprint density at radius 1 is 1.03 bits per heavy atom. The molecule has 0 saturated carbocycles. The number of piperidine rings is 1. The molecule has 0 aromatic carbocycles. The van der Waals surface area contributed by atoms with Crippen molar-refractivity contribution in [3.63, 3.8) is 0 Å². The Morgan fingerprint density at radius 2 is 1.77 bits per heavy atom. The van der Waals surface area contributed by atoms with E-state index in [1.165, 1.54) is 12.1 Å². The van der Waals surface area contributed by atoms with Gasteiger partial charge in [-0.25, -0.2) is 9.97 Å². The van der Waals surface area contributed by atoms with Crippen LogP contribution in [0.3, 0.4) is 0 Å². The molecule has 6 nitrogen and oxygen atoms in total. The molecule has 9 heteroatoms. The van der Waals surface area contributed by atoms with E-state index in [1.54, 1.807) is 35.4 Å². The Hall–Kier alpha value is -3.23. The molecule has 0 spiro atoms. The van der Waals surface area contributed by atoms with Gasteiger partial charge in [-0.2, -0.15) is 13.2 Å². The van der Waals surface area contributed by atoms with Gasteiger partial charge in [0, 0.05) is 49.9 Å². The standard InChI is InChI=1S/C21H20F3N5O/c22-21(23,24)17-1-2-19(26-12-17)28-9-5-15(6-10-28)13-29-14-27-18(11-20(29)30)16-3-7-25-8-4-16/h1-4,7-8,11-12,14-15H,5-6,9-10,13H2. The molecule has 1 fully saturated rings. The van der Waals surface area contributed by atoms with Crippen molar-refractivity contribution in [1.82, 2.24) is 19.5 Å². The lowest BCUT2D eigenvalue weighted by atomic mass is 9.96. The van der Waals surface area contributed by atoms with E-state index in [0.717, 1.165) is 30.7 Å². The highest BCUT2D eigenvalue weighted by atomic mass is 19.4. The van der Waals surface area contributed by atoms with Gasteiger partial charge < -0.3 is 4.90 Å². The van der Waals surface area contributed by atoms with Crippen LogP contribution in [0.15, 0.2) is 60.0 Å². The zero-order valence-electron chi connectivity index (χ0n) is 16.1. The molecule has 3 aromatic heterocycles. The van der Waals surface area contributed by atoms with Gasteiger partial charge in [0.2, 0.25) is 0 Å². The fourth-order valence-electron chi connectivity index (χ4n) is 3.61. The molecule has 0 atom stereocenters. The molecular formula is C21H20F3N5O. The van der Waals surface area contributed by atoms with Crippen LogP contribution in [0.4, 0.5) is 19.0 Å². The molecule has 3 aromatic rings. The molecular weight excluding hydrogens is 395 g/mol. The third-order valence-electron chi connectivity index (χ3n) is 5.32. The summed E-state index contributed by atoms with van der Waals surface area (Å²) in [4.78, 5) is 26.8. The molecule has 1 aliphatic rings. The molecule has 0 unspecified atom stereocenters. The Morgan fingerprint density at radius 3 is 2.37 bits per heavy atom. The number of rotatable bonds is 4. The Kier molecular flexibility index (Phi) is 5.52. The molecule has 0 bridgehead atoms. The van der Waals surface area contributed by atoms with Gasteiger partial charge in [0.05, 0.1) is 17.6 Å². The lowest BCUT2D eigenvalue weighted by Gasteiger charge is -2.33. The quantitative estimate of drug-likeness (QED) is 0.651. The van der Waals surface area contributed by atoms with Gasteiger partial charge >= 0.3 is 6.18 Å². The van der Waals surface area contributed by atoms with Gasteiger partial charge in [0.25, 0.3) is 5.56 Å². The van der Waals surface area contributed by atoms with Crippen LogP contribution in [0.1, 0.15) is 18.4 Å². The average molecular weight is 415 g/mol. The van der Waals surface area contributed by atoms with Crippen LogP contribution in [-0.4, -0.2) is 32.6 Å². The Balaban J connectivity index is 1.36. The largest absolute Gasteiger partial charge is 0.417 e. The van der Waals surface area contributed by atoms with Crippen molar-refractivity contribution < 1.29 is 13.2 Å². The maximum atomic E-state index is 12.7. The minimum Gasteiger partial charge on any atom is -0.357 e. The normalized spacial score (nSPS) is 15.4. The lowest BCUT2D eigenvalue weighted by molar-refractivity contribution is -0.137. The van der Waals surface area contributed by atoms with Crippen molar-refractivity contribution in [2.45, 2.75) is 25.6 Å². The van der Waals surface area contributed by atoms with Gasteiger partial charge in [-0.15, -0.1) is 0 Å². The maximum Gasteiger partial charge on any atom is 0.417 e. The first kappa shape index (κ1) is 20.1. The molecule has 1 saturated heterocycles. The molecule has 30 heavy (non-hydrogen) atoms. The fourth-order valence-corrected chi connectivity index (χ4v) is 3.61. The molecule has 156 valence electrons. The number of aromatic nitrogens is 4. The van der Waals surface area contributed by atoms with E-state index in [9.17, 15) is 18.0 Å². The van der Waals surface area contributed by atoms with Crippen LogP contribution >= 0.6 is 0 Å². The summed E-state index contributed by atoms with van der Waals surface area (Å²) in [5.41, 5.74) is 0.598. The smallest absolute Gasteiger partial charge is 0.357 e. The maximum absolute atomic E-state index is 12.7. The number of anilines is 1. The van der Waals surface area contributed by atoms with Crippen molar-refractivity contribution in [2.75, 3.05) is 18.0 Å². The second-order valence-corrected chi connectivity index (χ2v) is 7.33. The second-order valence-electron chi connectivity index (χ2n) is 7.33. The van der Waals surface area contributed by atoms with Gasteiger partial charge in [-0.3, -0.25) is 14.3 Å². The summed E-state index contributed by atoms with van der Waals surface area (Å²) in [5, 5.41) is 0. The summed E-state index contributed by atoms with van der Waals surface area (Å²) in [7, 11) is 0. The topological polar surface area (TPSA) is 63.9 Å². The van der Waals surface area contributed by atoms with Crippen LogP contribution in [0.2, 0.25) is 0 Å². The summed E-state index contributed by atoms with van der Waals surface area (Å²) in [6.45, 7) is 1.93. The first-order valence-electron chi connectivity index (χ1n) is 9.65. The van der Waals surface area contributed by atoms with E-state index in [4.69, 9.17) is 0 Å². The fraction of sp³-hybridized carbons (Fsp3) is 0.333. The predicted octanol–water partition coefficient (Wildman–Crippen LogP) is 3.64. The van der Waals surface area contributed by atoms with Gasteiger partial charge in [-0.1, -0.05) is 0 Å². The number of hydrogen-bond donors (Lipinski definition) is 0. The number of nitrogens with zero attached hydrogens (tertiary/aromatic N) is 5. The van der Waals surface area contributed by atoms with E-state index in [-0.39, 0.29) is 5.56 Å². The summed E-state index contributed by atoms with van der Waals surface area (Å²) < 4.78 is 39.7. The highest BCUT2D eigenvalue weighted by Gasteiger charge is 2.31. The SMILES string of the molecule is O=c1cc(-c2ccncc2)ncn1CC1CCN(c2ccc(C(F)(F)F)cn2)CC1. The van der Waals surface area contributed by atoms with Gasteiger partial charge in [0.1, 0.15) is 5.82 Å². The average Bonchev–Trinajstić information content (AvgIpc) is 2.76. The molecule has 1 aliphatic heterocycles. The molecule has 4 rings (SSSR count). The van der Waals surface area contributed by atoms with Crippen LogP contribution in [0, 0.1) is 5.92 Å². The molecule has 0 N–H and O–H groups in total. The second kappa shape index (κ2) is 8.25. The van der Waals surface area contributed by atoms with Crippen LogP contribution in [0.25, 0.3) is 11.3 Å². The van der Waals surface area contributed by atoms with Crippen molar-refractivity contribution in [2.24, 2.45) is 5.92 Å². The first-order valence-corrected chi connectivity index (χ1v) is 9.65. The first-order chi connectivity index (χ1) is 14.4. The minimum absolute atomic E-state index is 0.108. The summed E-state index contributed by atoms with van der Waals surface area (Å²) in [5.74, 6) is 0.837. The van der Waals surface area contributed by atoms with Gasteiger partial charge in [0.15, 0.2) is 0 Å². The molecule has 0 aliphatic carbocycles. The number of alkyl halides is 3. The third kappa shape index (κ3) is 4.50. The Labute approximate surface area is 171 Å². The number of pyridine rings is 2.